The van der Waals surface area contributed by atoms with E-state index >= 15 is 0 Å². The minimum atomic E-state index is -5.78. The number of ether oxygens (including phenoxy) is 2. The molecular formula is C22H35F3O7S. The lowest BCUT2D eigenvalue weighted by Gasteiger charge is -2.21. The van der Waals surface area contributed by atoms with Crippen LogP contribution in [0.1, 0.15) is 66.2 Å². The second-order valence-electron chi connectivity index (χ2n) is 9.45. The van der Waals surface area contributed by atoms with Gasteiger partial charge in [0.1, 0.15) is 5.76 Å². The summed E-state index contributed by atoms with van der Waals surface area (Å²) in [6.07, 6.45) is 1.47. The van der Waals surface area contributed by atoms with Gasteiger partial charge in [0.15, 0.2) is 0 Å². The molecule has 0 amide bonds. The maximum atomic E-state index is 12.4. The number of carbonyl (C=O) groups excluding carboxylic acids is 1. The smallest absolute Gasteiger partial charge is 0.465 e. The normalized spacial score (nSPS) is 21.5. The molecule has 0 aliphatic carbocycles. The molecule has 0 saturated carbocycles. The Bertz CT molecular complexity index is 800. The molecule has 4 atom stereocenters. The maximum absolute atomic E-state index is 12.4. The fourth-order valence-corrected chi connectivity index (χ4v) is 3.75. The third-order valence-electron chi connectivity index (χ3n) is 5.26. The fraction of sp³-hybridized carbons (Fsp3) is 0.773. The largest absolute Gasteiger partial charge is 0.534 e. The molecule has 0 aromatic heterocycles. The highest BCUT2D eigenvalue weighted by atomic mass is 32.2. The Morgan fingerprint density at radius 2 is 1.88 bits per heavy atom. The number of hydrogen-bond acceptors (Lipinski definition) is 7. The number of carbonyl (C=O) groups is 1. The van der Waals surface area contributed by atoms with Gasteiger partial charge in [-0.05, 0) is 64.9 Å². The van der Waals surface area contributed by atoms with Crippen LogP contribution in [-0.2, 0) is 28.6 Å². The lowest BCUT2D eigenvalue weighted by Crippen LogP contribution is -2.27. The summed E-state index contributed by atoms with van der Waals surface area (Å²) in [5.41, 5.74) is -5.21. The average molecular weight is 501 g/mol. The number of aliphatic hydroxyl groups is 1. The zero-order valence-corrected chi connectivity index (χ0v) is 20.4. The molecular weight excluding hydrogens is 465 g/mol. The number of rotatable bonds is 12. The summed E-state index contributed by atoms with van der Waals surface area (Å²) in [7, 11) is -5.78. The van der Waals surface area contributed by atoms with Crippen LogP contribution < -0.4 is 0 Å². The van der Waals surface area contributed by atoms with E-state index in [0.29, 0.717) is 32.3 Å². The van der Waals surface area contributed by atoms with Gasteiger partial charge < -0.3 is 18.8 Å². The highest BCUT2D eigenvalue weighted by molar-refractivity contribution is 7.87. The zero-order chi connectivity index (χ0) is 25.6. The quantitative estimate of drug-likeness (QED) is 0.104. The molecule has 1 aliphatic heterocycles. The molecule has 0 aromatic carbocycles. The van der Waals surface area contributed by atoms with Gasteiger partial charge in [0.05, 0.1) is 30.3 Å². The van der Waals surface area contributed by atoms with E-state index in [1.54, 1.807) is 20.8 Å². The van der Waals surface area contributed by atoms with Gasteiger partial charge in [0.25, 0.3) is 0 Å². The van der Waals surface area contributed by atoms with Gasteiger partial charge in [-0.25, -0.2) is 0 Å². The van der Waals surface area contributed by atoms with Crippen molar-refractivity contribution >= 4 is 16.1 Å². The molecule has 0 radical (unpaired) electrons. The molecule has 192 valence electrons. The van der Waals surface area contributed by atoms with E-state index in [1.165, 1.54) is 6.92 Å². The van der Waals surface area contributed by atoms with Crippen molar-refractivity contribution in [3.63, 3.8) is 0 Å². The lowest BCUT2D eigenvalue weighted by atomic mass is 9.96. The van der Waals surface area contributed by atoms with Gasteiger partial charge in [-0.2, -0.15) is 21.6 Å². The molecule has 1 saturated heterocycles. The van der Waals surface area contributed by atoms with E-state index < -0.39 is 38.8 Å². The Morgan fingerprint density at radius 1 is 1.27 bits per heavy atom. The SMILES string of the molecule is C=C(OS(=O)(=O)C(F)(F)F)[C@H](C)C[C@H](O)CC[C@@H]1OC(CCCOC(=O)C(C)(C)C)CC1=C. The first kappa shape index (κ1) is 29.4. The van der Waals surface area contributed by atoms with Crippen LogP contribution in [0, 0.1) is 11.3 Å². The highest BCUT2D eigenvalue weighted by Gasteiger charge is 2.49. The Hall–Kier alpha value is -1.59. The second-order valence-corrected chi connectivity index (χ2v) is 11.0. The van der Waals surface area contributed by atoms with Crippen LogP contribution in [0.4, 0.5) is 13.2 Å². The minimum absolute atomic E-state index is 0.0199. The van der Waals surface area contributed by atoms with Gasteiger partial charge >= 0.3 is 21.6 Å². The summed E-state index contributed by atoms with van der Waals surface area (Å²) >= 11 is 0. The number of esters is 1. The molecule has 7 nitrogen and oxygen atoms in total. The summed E-state index contributed by atoms with van der Waals surface area (Å²) in [6, 6.07) is 0. The molecule has 1 N–H and O–H groups in total. The highest BCUT2D eigenvalue weighted by Crippen LogP contribution is 2.32. The molecule has 1 heterocycles. The monoisotopic (exact) mass is 500 g/mol. The third kappa shape index (κ3) is 9.66. The number of alkyl halides is 3. The minimum Gasteiger partial charge on any atom is -0.465 e. The summed E-state index contributed by atoms with van der Waals surface area (Å²) in [4.78, 5) is 11.8. The first-order chi connectivity index (χ1) is 14.9. The van der Waals surface area contributed by atoms with Crippen molar-refractivity contribution < 1.29 is 45.1 Å². The number of halogens is 3. The van der Waals surface area contributed by atoms with Crippen molar-refractivity contribution in [1.82, 2.24) is 0 Å². The van der Waals surface area contributed by atoms with Crippen LogP contribution >= 0.6 is 0 Å². The molecule has 33 heavy (non-hydrogen) atoms. The van der Waals surface area contributed by atoms with Gasteiger partial charge in [0, 0.05) is 5.92 Å². The van der Waals surface area contributed by atoms with Gasteiger partial charge in [0.2, 0.25) is 0 Å². The molecule has 11 heteroatoms. The van der Waals surface area contributed by atoms with Crippen LogP contribution in [0.3, 0.4) is 0 Å². The van der Waals surface area contributed by atoms with Gasteiger partial charge in [-0.1, -0.05) is 20.1 Å². The van der Waals surface area contributed by atoms with Crippen LogP contribution in [0.25, 0.3) is 0 Å². The Kier molecular flexibility index (Phi) is 10.4. The van der Waals surface area contributed by atoms with Crippen molar-refractivity contribution in [2.45, 2.75) is 90.0 Å². The molecule has 1 fully saturated rings. The number of hydrogen-bond donors (Lipinski definition) is 1. The second kappa shape index (κ2) is 11.7. The average Bonchev–Trinajstić information content (AvgIpc) is 3.00. The zero-order valence-electron chi connectivity index (χ0n) is 19.6. The first-order valence-corrected chi connectivity index (χ1v) is 12.2. The van der Waals surface area contributed by atoms with Gasteiger partial charge in [-0.15, -0.1) is 0 Å². The van der Waals surface area contributed by atoms with Crippen LogP contribution in [0.2, 0.25) is 0 Å². The maximum Gasteiger partial charge on any atom is 0.534 e. The molecule has 1 unspecified atom stereocenters. The van der Waals surface area contributed by atoms with Crippen molar-refractivity contribution in [2.24, 2.45) is 11.3 Å². The molecule has 0 spiro atoms. The Labute approximate surface area is 194 Å². The van der Waals surface area contributed by atoms with Crippen molar-refractivity contribution in [3.05, 3.63) is 24.5 Å². The lowest BCUT2D eigenvalue weighted by molar-refractivity contribution is -0.153. The summed E-state index contributed by atoms with van der Waals surface area (Å²) in [5.74, 6) is -1.65. The van der Waals surface area contributed by atoms with Gasteiger partial charge in [-0.3, -0.25) is 4.79 Å². The molecule has 1 aliphatic rings. The first-order valence-electron chi connectivity index (χ1n) is 10.8. The molecule has 0 bridgehead atoms. The van der Waals surface area contributed by atoms with E-state index in [4.69, 9.17) is 9.47 Å². The van der Waals surface area contributed by atoms with Crippen LogP contribution in [0.5, 0.6) is 0 Å². The van der Waals surface area contributed by atoms with Crippen LogP contribution in [-0.4, -0.2) is 49.9 Å². The molecule has 1 rings (SSSR count). The predicted molar refractivity (Wildman–Crippen MR) is 116 cm³/mol. The van der Waals surface area contributed by atoms with E-state index in [-0.39, 0.29) is 31.0 Å². The molecule has 0 aromatic rings. The van der Waals surface area contributed by atoms with E-state index in [1.807, 2.05) is 0 Å². The summed E-state index contributed by atoms with van der Waals surface area (Å²) < 4.78 is 74.6. The van der Waals surface area contributed by atoms with Crippen molar-refractivity contribution in [3.8, 4) is 0 Å². The van der Waals surface area contributed by atoms with Crippen molar-refractivity contribution in [1.29, 1.82) is 0 Å². The number of allylic oxidation sites excluding steroid dienone is 1. The van der Waals surface area contributed by atoms with Crippen LogP contribution in [0.15, 0.2) is 24.5 Å². The van der Waals surface area contributed by atoms with E-state index in [0.717, 1.165) is 5.57 Å². The predicted octanol–water partition coefficient (Wildman–Crippen LogP) is 4.62. The Morgan fingerprint density at radius 3 is 2.42 bits per heavy atom. The standard InChI is InChI=1S/C22H35F3O7S/c1-14(16(3)32-33(28,29)22(23,24)25)12-17(26)9-10-19-15(2)13-18(31-19)8-7-11-30-20(27)21(4,5)6/h14,17-19,26H,2-3,7-13H2,1,4-6H3/t14-,17-,18?,19+/m1/s1. The number of aliphatic hydroxyl groups excluding tert-OH is 1. The third-order valence-corrected chi connectivity index (χ3v) is 6.26. The fourth-order valence-electron chi connectivity index (χ4n) is 3.21. The summed E-state index contributed by atoms with van der Waals surface area (Å²) in [5, 5.41) is 10.2. The van der Waals surface area contributed by atoms with Crippen molar-refractivity contribution in [2.75, 3.05) is 6.61 Å². The topological polar surface area (TPSA) is 99.1 Å². The van der Waals surface area contributed by atoms with E-state index in [9.17, 15) is 31.5 Å². The Balaban J connectivity index is 2.37. The summed E-state index contributed by atoms with van der Waals surface area (Å²) in [6.45, 7) is 14.3. The van der Waals surface area contributed by atoms with E-state index in [2.05, 4.69) is 17.3 Å².